The molecule has 0 saturated heterocycles. The first kappa shape index (κ1) is 19.0. The third-order valence-corrected chi connectivity index (χ3v) is 4.84. The Morgan fingerprint density at radius 2 is 1.85 bits per heavy atom. The molecule has 0 radical (unpaired) electrons. The molecule has 0 fully saturated rings. The van der Waals surface area contributed by atoms with Crippen molar-refractivity contribution in [3.63, 3.8) is 0 Å². The Balaban J connectivity index is 1.65. The van der Waals surface area contributed by atoms with Crippen molar-refractivity contribution in [3.05, 3.63) is 54.6 Å². The lowest BCUT2D eigenvalue weighted by Crippen LogP contribution is -2.33. The van der Waals surface area contributed by atoms with E-state index in [2.05, 4.69) is 10.2 Å². The average molecular weight is 383 g/mol. The van der Waals surface area contributed by atoms with Gasteiger partial charge >= 0.3 is 0 Å². The second-order valence-corrected chi connectivity index (χ2v) is 7.12. The van der Waals surface area contributed by atoms with Crippen LogP contribution < -0.4 is 9.64 Å². The Morgan fingerprint density at radius 1 is 1.15 bits per heavy atom. The molecule has 7 heteroatoms. The van der Waals surface area contributed by atoms with Gasteiger partial charge in [-0.1, -0.05) is 30.0 Å². The van der Waals surface area contributed by atoms with Crippen LogP contribution in [0.1, 0.15) is 13.8 Å². The molecule has 0 N–H and O–H groups in total. The molecule has 3 aromatic rings. The van der Waals surface area contributed by atoms with Crippen molar-refractivity contribution in [1.29, 1.82) is 0 Å². The maximum Gasteiger partial charge on any atom is 0.277 e. The van der Waals surface area contributed by atoms with Gasteiger partial charge < -0.3 is 14.1 Å². The average Bonchev–Trinajstić information content (AvgIpc) is 3.16. The molecule has 0 bridgehead atoms. The largest absolute Gasteiger partial charge is 0.494 e. The number of aromatic nitrogens is 2. The van der Waals surface area contributed by atoms with Crippen molar-refractivity contribution in [2.45, 2.75) is 24.3 Å². The topological polar surface area (TPSA) is 68.5 Å². The summed E-state index contributed by atoms with van der Waals surface area (Å²) in [6.07, 6.45) is 0. The van der Waals surface area contributed by atoms with Gasteiger partial charge in [0.2, 0.25) is 11.8 Å². The van der Waals surface area contributed by atoms with Gasteiger partial charge in [0.05, 0.1) is 11.9 Å². The van der Waals surface area contributed by atoms with Crippen LogP contribution in [0.25, 0.3) is 11.5 Å². The summed E-state index contributed by atoms with van der Waals surface area (Å²) in [5.74, 6) is 1.17. The Kier molecular flexibility index (Phi) is 6.13. The number of hydrogen-bond acceptors (Lipinski definition) is 6. The molecule has 3 rings (SSSR count). The van der Waals surface area contributed by atoms with Gasteiger partial charge in [-0.15, -0.1) is 10.2 Å². The highest BCUT2D eigenvalue weighted by atomic mass is 32.2. The predicted molar refractivity (Wildman–Crippen MR) is 106 cm³/mol. The zero-order valence-electron chi connectivity index (χ0n) is 15.5. The third-order valence-electron chi connectivity index (χ3n) is 3.92. The molecule has 2 aromatic carbocycles. The molecule has 0 saturated carbocycles. The highest BCUT2D eigenvalue weighted by Gasteiger charge is 2.22. The van der Waals surface area contributed by atoms with E-state index in [9.17, 15) is 4.79 Å². The van der Waals surface area contributed by atoms with E-state index in [0.29, 0.717) is 17.7 Å². The summed E-state index contributed by atoms with van der Waals surface area (Å²) in [4.78, 5) is 14.3. The monoisotopic (exact) mass is 383 g/mol. The number of benzene rings is 2. The number of thioether (sulfide) groups is 1. The smallest absolute Gasteiger partial charge is 0.277 e. The molecule has 140 valence electrons. The van der Waals surface area contributed by atoms with E-state index in [-0.39, 0.29) is 11.2 Å². The lowest BCUT2D eigenvalue weighted by atomic mass is 10.2. The molecule has 0 aliphatic rings. The van der Waals surface area contributed by atoms with Gasteiger partial charge in [0.1, 0.15) is 5.75 Å². The molecular formula is C20H21N3O3S. The first-order chi connectivity index (χ1) is 13.1. The summed E-state index contributed by atoms with van der Waals surface area (Å²) in [7, 11) is 1.76. The molecule has 1 aromatic heterocycles. The number of para-hydroxylation sites is 1. The molecule has 0 aliphatic carbocycles. The number of ether oxygens (including phenoxy) is 1. The minimum absolute atomic E-state index is 0.0352. The summed E-state index contributed by atoms with van der Waals surface area (Å²) in [5, 5.41) is 8.13. The summed E-state index contributed by atoms with van der Waals surface area (Å²) >= 11 is 1.25. The normalized spacial score (nSPS) is 11.8. The number of nitrogens with zero attached hydrogens (tertiary/aromatic N) is 3. The number of amides is 1. The second-order valence-electron chi connectivity index (χ2n) is 5.82. The quantitative estimate of drug-likeness (QED) is 0.567. The number of carbonyl (C=O) groups excluding carboxylic acids is 1. The van der Waals surface area contributed by atoms with E-state index >= 15 is 0 Å². The third kappa shape index (κ3) is 4.68. The van der Waals surface area contributed by atoms with Crippen molar-refractivity contribution >= 4 is 23.4 Å². The summed E-state index contributed by atoms with van der Waals surface area (Å²) < 4.78 is 11.1. The Morgan fingerprint density at radius 3 is 2.52 bits per heavy atom. The Labute approximate surface area is 162 Å². The fourth-order valence-electron chi connectivity index (χ4n) is 2.49. The minimum Gasteiger partial charge on any atom is -0.494 e. The van der Waals surface area contributed by atoms with Crippen molar-refractivity contribution in [3.8, 4) is 17.2 Å². The summed E-state index contributed by atoms with van der Waals surface area (Å²) in [5.41, 5.74) is 1.65. The van der Waals surface area contributed by atoms with Crippen LogP contribution in [-0.4, -0.2) is 35.0 Å². The summed E-state index contributed by atoms with van der Waals surface area (Å²) in [6, 6.07) is 17.0. The van der Waals surface area contributed by atoms with Crippen LogP contribution in [0, 0.1) is 0 Å². The van der Waals surface area contributed by atoms with E-state index in [1.807, 2.05) is 68.4 Å². The molecule has 0 unspecified atom stereocenters. The molecular weight excluding hydrogens is 362 g/mol. The maximum absolute atomic E-state index is 12.6. The van der Waals surface area contributed by atoms with E-state index < -0.39 is 0 Å². The van der Waals surface area contributed by atoms with Gasteiger partial charge in [-0.3, -0.25) is 4.79 Å². The molecule has 1 heterocycles. The molecule has 27 heavy (non-hydrogen) atoms. The molecule has 0 spiro atoms. The number of carbonyl (C=O) groups is 1. The van der Waals surface area contributed by atoms with E-state index in [1.165, 1.54) is 11.8 Å². The van der Waals surface area contributed by atoms with Crippen molar-refractivity contribution in [2.24, 2.45) is 0 Å². The first-order valence-corrected chi connectivity index (χ1v) is 9.52. The van der Waals surface area contributed by atoms with Gasteiger partial charge in [0.25, 0.3) is 5.22 Å². The van der Waals surface area contributed by atoms with Crippen molar-refractivity contribution in [2.75, 3.05) is 18.6 Å². The van der Waals surface area contributed by atoms with Crippen LogP contribution >= 0.6 is 11.8 Å². The standard InChI is InChI=1S/C20H21N3O3S/c1-4-25-17-12-10-15(11-13-17)18-21-22-20(26-18)27-14(2)19(24)23(3)16-8-6-5-7-9-16/h5-14H,4H2,1-3H3/t14-/m1/s1. The maximum atomic E-state index is 12.6. The van der Waals surface area contributed by atoms with E-state index in [0.717, 1.165) is 17.0 Å². The SMILES string of the molecule is CCOc1ccc(-c2nnc(S[C@H](C)C(=O)N(C)c3ccccc3)o2)cc1. The number of anilines is 1. The van der Waals surface area contributed by atoms with Crippen LogP contribution in [0.2, 0.25) is 0 Å². The van der Waals surface area contributed by atoms with Crippen LogP contribution in [0.5, 0.6) is 5.75 Å². The lowest BCUT2D eigenvalue weighted by Gasteiger charge is -2.20. The fourth-order valence-corrected chi connectivity index (χ4v) is 3.26. The van der Waals surface area contributed by atoms with Gasteiger partial charge in [-0.2, -0.15) is 0 Å². The molecule has 1 amide bonds. The van der Waals surface area contributed by atoms with Crippen LogP contribution in [0.4, 0.5) is 5.69 Å². The Bertz CT molecular complexity index is 881. The van der Waals surface area contributed by atoms with Crippen molar-refractivity contribution < 1.29 is 13.9 Å². The Hall–Kier alpha value is -2.80. The van der Waals surface area contributed by atoms with Crippen LogP contribution in [0.3, 0.4) is 0 Å². The molecule has 6 nitrogen and oxygen atoms in total. The van der Waals surface area contributed by atoms with Gasteiger partial charge in [0.15, 0.2) is 0 Å². The second kappa shape index (κ2) is 8.73. The van der Waals surface area contributed by atoms with Gasteiger partial charge in [-0.05, 0) is 50.2 Å². The van der Waals surface area contributed by atoms with Gasteiger partial charge in [0, 0.05) is 18.3 Å². The zero-order valence-corrected chi connectivity index (χ0v) is 16.3. The summed E-state index contributed by atoms with van der Waals surface area (Å²) in [6.45, 7) is 4.38. The van der Waals surface area contributed by atoms with E-state index in [4.69, 9.17) is 9.15 Å². The number of hydrogen-bond donors (Lipinski definition) is 0. The number of rotatable bonds is 7. The minimum atomic E-state index is -0.358. The highest BCUT2D eigenvalue weighted by Crippen LogP contribution is 2.28. The first-order valence-electron chi connectivity index (χ1n) is 8.64. The van der Waals surface area contributed by atoms with Crippen LogP contribution in [0.15, 0.2) is 64.2 Å². The fraction of sp³-hybridized carbons (Fsp3) is 0.250. The highest BCUT2D eigenvalue weighted by molar-refractivity contribution is 8.00. The van der Waals surface area contributed by atoms with Crippen LogP contribution in [-0.2, 0) is 4.79 Å². The van der Waals surface area contributed by atoms with Gasteiger partial charge in [-0.25, -0.2) is 0 Å². The zero-order chi connectivity index (χ0) is 19.2. The predicted octanol–water partition coefficient (Wildman–Crippen LogP) is 4.28. The molecule has 0 aliphatic heterocycles. The van der Waals surface area contributed by atoms with Crippen molar-refractivity contribution in [1.82, 2.24) is 10.2 Å². The molecule has 1 atom stereocenters. The van der Waals surface area contributed by atoms with E-state index in [1.54, 1.807) is 11.9 Å². The lowest BCUT2D eigenvalue weighted by molar-refractivity contribution is -0.117.